The predicted molar refractivity (Wildman–Crippen MR) is 71.5 cm³/mol. The van der Waals surface area contributed by atoms with Gasteiger partial charge < -0.3 is 20.7 Å². The van der Waals surface area contributed by atoms with Crippen molar-refractivity contribution >= 4 is 17.7 Å². The van der Waals surface area contributed by atoms with Crippen LogP contribution in [0.2, 0.25) is 0 Å². The van der Waals surface area contributed by atoms with Crippen molar-refractivity contribution in [3.05, 3.63) is 17.5 Å². The summed E-state index contributed by atoms with van der Waals surface area (Å²) in [7, 11) is 0. The van der Waals surface area contributed by atoms with Gasteiger partial charge in [0.25, 0.3) is 0 Å². The number of nitrogens with one attached hydrogen (secondary N) is 3. The summed E-state index contributed by atoms with van der Waals surface area (Å²) in [6, 6.07) is 1.24. The number of carboxylic acids is 1. The summed E-state index contributed by atoms with van der Waals surface area (Å²) in [5, 5.41) is 14.3. The SMILES string of the molecule is Cc1cc(NC(=O)NCCCC2CC2)c(C(=O)O)[nH]1. The first kappa shape index (κ1) is 13.5. The molecule has 0 aliphatic heterocycles. The normalized spacial score (nSPS) is 14.2. The maximum absolute atomic E-state index is 11.6. The van der Waals surface area contributed by atoms with Gasteiger partial charge in [0.1, 0.15) is 5.69 Å². The van der Waals surface area contributed by atoms with E-state index < -0.39 is 5.97 Å². The fourth-order valence-electron chi connectivity index (χ4n) is 2.02. The van der Waals surface area contributed by atoms with Crippen LogP contribution < -0.4 is 10.6 Å². The van der Waals surface area contributed by atoms with E-state index in [2.05, 4.69) is 15.6 Å². The number of anilines is 1. The Morgan fingerprint density at radius 1 is 1.47 bits per heavy atom. The Hall–Kier alpha value is -1.98. The molecule has 0 bridgehead atoms. The number of aryl methyl sites for hydroxylation is 1. The van der Waals surface area contributed by atoms with Crippen LogP contribution in [0.1, 0.15) is 41.9 Å². The second-order valence-electron chi connectivity index (χ2n) is 5.01. The molecule has 2 amide bonds. The molecule has 0 atom stereocenters. The van der Waals surface area contributed by atoms with Gasteiger partial charge in [-0.05, 0) is 31.7 Å². The van der Waals surface area contributed by atoms with E-state index in [0.717, 1.165) is 18.8 Å². The van der Waals surface area contributed by atoms with Crippen molar-refractivity contribution < 1.29 is 14.7 Å². The Bertz CT molecular complexity index is 477. The van der Waals surface area contributed by atoms with Crippen molar-refractivity contribution in [3.63, 3.8) is 0 Å². The fourth-order valence-corrected chi connectivity index (χ4v) is 2.02. The summed E-state index contributed by atoms with van der Waals surface area (Å²) in [6.07, 6.45) is 4.76. The first-order valence-corrected chi connectivity index (χ1v) is 6.54. The number of carboxylic acid groups (broad SMARTS) is 1. The summed E-state index contributed by atoms with van der Waals surface area (Å²) < 4.78 is 0. The molecule has 1 saturated carbocycles. The van der Waals surface area contributed by atoms with Crippen molar-refractivity contribution in [1.29, 1.82) is 0 Å². The van der Waals surface area contributed by atoms with Crippen LogP contribution in [0.25, 0.3) is 0 Å². The minimum absolute atomic E-state index is 0.00521. The summed E-state index contributed by atoms with van der Waals surface area (Å²) in [5.41, 5.74) is 0.997. The summed E-state index contributed by atoms with van der Waals surface area (Å²) >= 11 is 0. The molecule has 1 aromatic rings. The average molecular weight is 265 g/mol. The zero-order chi connectivity index (χ0) is 13.8. The lowest BCUT2D eigenvalue weighted by atomic mass is 10.2. The van der Waals surface area contributed by atoms with E-state index in [9.17, 15) is 9.59 Å². The minimum atomic E-state index is -1.09. The predicted octanol–water partition coefficient (Wildman–Crippen LogP) is 2.33. The smallest absolute Gasteiger partial charge is 0.354 e. The lowest BCUT2D eigenvalue weighted by Gasteiger charge is -2.06. The van der Waals surface area contributed by atoms with Crippen LogP contribution in [0.4, 0.5) is 10.5 Å². The third kappa shape index (κ3) is 4.01. The van der Waals surface area contributed by atoms with Crippen molar-refractivity contribution in [2.24, 2.45) is 5.92 Å². The number of aromatic amines is 1. The van der Waals surface area contributed by atoms with Crippen LogP contribution in [-0.4, -0.2) is 28.6 Å². The van der Waals surface area contributed by atoms with Gasteiger partial charge in [-0.3, -0.25) is 0 Å². The van der Waals surface area contributed by atoms with Crippen LogP contribution in [0.5, 0.6) is 0 Å². The third-order valence-electron chi connectivity index (χ3n) is 3.19. The minimum Gasteiger partial charge on any atom is -0.477 e. The molecule has 1 fully saturated rings. The zero-order valence-corrected chi connectivity index (χ0v) is 11.0. The van der Waals surface area contributed by atoms with Gasteiger partial charge in [0.15, 0.2) is 0 Å². The number of carbonyl (C=O) groups excluding carboxylic acids is 1. The lowest BCUT2D eigenvalue weighted by Crippen LogP contribution is -2.30. The molecule has 0 saturated heterocycles. The second kappa shape index (κ2) is 5.77. The average Bonchev–Trinajstić information content (AvgIpc) is 3.08. The van der Waals surface area contributed by atoms with E-state index >= 15 is 0 Å². The quantitative estimate of drug-likeness (QED) is 0.594. The number of rotatable bonds is 6. The van der Waals surface area contributed by atoms with Crippen molar-refractivity contribution in [1.82, 2.24) is 10.3 Å². The zero-order valence-electron chi connectivity index (χ0n) is 11.0. The van der Waals surface area contributed by atoms with E-state index in [1.165, 1.54) is 12.8 Å². The maximum Gasteiger partial charge on any atom is 0.354 e. The molecule has 1 aromatic heterocycles. The largest absolute Gasteiger partial charge is 0.477 e. The molecule has 6 heteroatoms. The maximum atomic E-state index is 11.6. The Balaban J connectivity index is 1.78. The topological polar surface area (TPSA) is 94.2 Å². The van der Waals surface area contributed by atoms with Gasteiger partial charge in [-0.1, -0.05) is 12.8 Å². The second-order valence-corrected chi connectivity index (χ2v) is 5.01. The molecule has 0 unspecified atom stereocenters. The van der Waals surface area contributed by atoms with Gasteiger partial charge in [0, 0.05) is 12.2 Å². The van der Waals surface area contributed by atoms with Gasteiger partial charge >= 0.3 is 12.0 Å². The molecule has 4 N–H and O–H groups in total. The highest BCUT2D eigenvalue weighted by atomic mass is 16.4. The molecule has 2 rings (SSSR count). The van der Waals surface area contributed by atoms with Crippen LogP contribution in [-0.2, 0) is 0 Å². The van der Waals surface area contributed by atoms with E-state index in [4.69, 9.17) is 5.11 Å². The first-order valence-electron chi connectivity index (χ1n) is 6.54. The molecule has 19 heavy (non-hydrogen) atoms. The Morgan fingerprint density at radius 2 is 2.21 bits per heavy atom. The van der Waals surface area contributed by atoms with Crippen molar-refractivity contribution in [3.8, 4) is 0 Å². The number of aromatic carboxylic acids is 1. The lowest BCUT2D eigenvalue weighted by molar-refractivity contribution is 0.0692. The highest BCUT2D eigenvalue weighted by Crippen LogP contribution is 2.33. The summed E-state index contributed by atoms with van der Waals surface area (Å²) in [4.78, 5) is 25.3. The van der Waals surface area contributed by atoms with Crippen LogP contribution in [0.15, 0.2) is 6.07 Å². The fraction of sp³-hybridized carbons (Fsp3) is 0.538. The summed E-state index contributed by atoms with van der Waals surface area (Å²) in [6.45, 7) is 2.36. The molecular weight excluding hydrogens is 246 g/mol. The number of urea groups is 1. The number of amides is 2. The van der Waals surface area contributed by atoms with Crippen molar-refractivity contribution in [2.45, 2.75) is 32.6 Å². The van der Waals surface area contributed by atoms with Gasteiger partial charge in [-0.15, -0.1) is 0 Å². The number of carbonyl (C=O) groups is 2. The molecule has 104 valence electrons. The highest BCUT2D eigenvalue weighted by molar-refractivity contribution is 5.99. The first-order chi connectivity index (χ1) is 9.06. The Kier molecular flexibility index (Phi) is 4.09. The Labute approximate surface area is 111 Å². The molecule has 6 nitrogen and oxygen atoms in total. The molecule has 0 aromatic carbocycles. The van der Waals surface area contributed by atoms with E-state index in [0.29, 0.717) is 17.9 Å². The number of aromatic nitrogens is 1. The summed E-state index contributed by atoms with van der Waals surface area (Å²) in [5.74, 6) is -0.229. The molecule has 1 aliphatic carbocycles. The Morgan fingerprint density at radius 3 is 2.84 bits per heavy atom. The van der Waals surface area contributed by atoms with Gasteiger partial charge in [-0.25, -0.2) is 9.59 Å². The van der Waals surface area contributed by atoms with Crippen LogP contribution in [0, 0.1) is 12.8 Å². The van der Waals surface area contributed by atoms with Gasteiger partial charge in [-0.2, -0.15) is 0 Å². The van der Waals surface area contributed by atoms with Gasteiger partial charge in [0.05, 0.1) is 5.69 Å². The van der Waals surface area contributed by atoms with Crippen molar-refractivity contribution in [2.75, 3.05) is 11.9 Å². The number of hydrogen-bond acceptors (Lipinski definition) is 2. The molecule has 0 radical (unpaired) electrons. The van der Waals surface area contributed by atoms with E-state index in [-0.39, 0.29) is 11.7 Å². The molecular formula is C13H19N3O3. The number of hydrogen-bond donors (Lipinski definition) is 4. The third-order valence-corrected chi connectivity index (χ3v) is 3.19. The molecule has 0 spiro atoms. The number of H-pyrrole nitrogens is 1. The van der Waals surface area contributed by atoms with Crippen LogP contribution >= 0.6 is 0 Å². The van der Waals surface area contributed by atoms with E-state index in [1.54, 1.807) is 13.0 Å². The highest BCUT2D eigenvalue weighted by Gasteiger charge is 2.20. The van der Waals surface area contributed by atoms with Gasteiger partial charge in [0.2, 0.25) is 0 Å². The van der Waals surface area contributed by atoms with Crippen LogP contribution in [0.3, 0.4) is 0 Å². The molecule has 1 aliphatic rings. The monoisotopic (exact) mass is 265 g/mol. The standard InChI is InChI=1S/C13H19N3O3/c1-8-7-10(11(15-8)12(17)18)16-13(19)14-6-2-3-9-4-5-9/h7,9,15H,2-6H2,1H3,(H,17,18)(H2,14,16,19). The molecule has 1 heterocycles. The van der Waals surface area contributed by atoms with E-state index in [1.807, 2.05) is 0 Å².